The molecule has 8 heteroatoms. The summed E-state index contributed by atoms with van der Waals surface area (Å²) in [6, 6.07) is 16.8. The minimum Gasteiger partial charge on any atom is -0.350 e. The molecule has 0 aliphatic carbocycles. The number of hydrogen-bond acceptors (Lipinski definition) is 4. The number of nitrogens with one attached hydrogen (secondary N) is 2. The van der Waals surface area contributed by atoms with Crippen molar-refractivity contribution in [3.8, 4) is 16.9 Å². The molecule has 2 N–H and O–H groups in total. The van der Waals surface area contributed by atoms with Gasteiger partial charge in [0.2, 0.25) is 5.91 Å². The van der Waals surface area contributed by atoms with E-state index in [4.69, 9.17) is 0 Å². The van der Waals surface area contributed by atoms with E-state index in [1.54, 1.807) is 10.9 Å². The fourth-order valence-corrected chi connectivity index (χ4v) is 3.35. The first-order chi connectivity index (χ1) is 14.5. The van der Waals surface area contributed by atoms with Crippen LogP contribution in [0.25, 0.3) is 16.9 Å². The third kappa shape index (κ3) is 3.80. The first-order valence-corrected chi connectivity index (χ1v) is 9.62. The highest BCUT2D eigenvalue weighted by molar-refractivity contribution is 6.02. The topological polar surface area (TPSA) is 96.3 Å². The van der Waals surface area contributed by atoms with Crippen molar-refractivity contribution in [1.29, 1.82) is 0 Å². The second-order valence-electron chi connectivity index (χ2n) is 6.95. The third-order valence-electron chi connectivity index (χ3n) is 4.94. The molecule has 0 unspecified atom stereocenters. The minimum absolute atomic E-state index is 0.00589. The second-order valence-corrected chi connectivity index (χ2v) is 6.95. The van der Waals surface area contributed by atoms with E-state index in [0.29, 0.717) is 11.3 Å². The molecule has 1 saturated heterocycles. The van der Waals surface area contributed by atoms with Crippen molar-refractivity contribution in [3.05, 3.63) is 71.9 Å². The zero-order valence-electron chi connectivity index (χ0n) is 16.5. The molecule has 1 aliphatic rings. The molecule has 0 spiro atoms. The SMILES string of the molecule is Cc1ccccc1-c1nn(-c2ccccc2)cc1C(=O)NCCN1C(=O)CNC1=O. The van der Waals surface area contributed by atoms with Crippen LogP contribution in [0, 0.1) is 6.92 Å². The maximum absolute atomic E-state index is 13.0. The van der Waals surface area contributed by atoms with Crippen molar-refractivity contribution in [2.75, 3.05) is 19.6 Å². The molecule has 0 radical (unpaired) electrons. The molecular formula is C22H21N5O3. The van der Waals surface area contributed by atoms with Gasteiger partial charge in [-0.25, -0.2) is 9.48 Å². The van der Waals surface area contributed by atoms with Crippen molar-refractivity contribution in [1.82, 2.24) is 25.3 Å². The lowest BCUT2D eigenvalue weighted by atomic mass is 10.0. The normalized spacial score (nSPS) is 13.4. The largest absolute Gasteiger partial charge is 0.350 e. The van der Waals surface area contributed by atoms with E-state index in [1.165, 1.54) is 0 Å². The molecule has 4 rings (SSSR count). The highest BCUT2D eigenvalue weighted by Gasteiger charge is 2.28. The van der Waals surface area contributed by atoms with Gasteiger partial charge in [-0.3, -0.25) is 14.5 Å². The monoisotopic (exact) mass is 403 g/mol. The lowest BCUT2D eigenvalue weighted by Gasteiger charge is -2.12. The lowest BCUT2D eigenvalue weighted by Crippen LogP contribution is -2.38. The predicted molar refractivity (Wildman–Crippen MR) is 111 cm³/mol. The number of carbonyl (C=O) groups is 3. The van der Waals surface area contributed by atoms with Gasteiger partial charge in [0.25, 0.3) is 5.91 Å². The van der Waals surface area contributed by atoms with E-state index in [1.807, 2.05) is 61.5 Å². The van der Waals surface area contributed by atoms with E-state index in [2.05, 4.69) is 15.7 Å². The third-order valence-corrected chi connectivity index (χ3v) is 4.94. The number of imide groups is 1. The molecule has 30 heavy (non-hydrogen) atoms. The van der Waals surface area contributed by atoms with Crippen molar-refractivity contribution in [2.24, 2.45) is 0 Å². The standard InChI is InChI=1S/C22H21N5O3/c1-15-7-5-6-10-17(15)20-18(14-27(25-20)16-8-3-2-4-9-16)21(29)23-11-12-26-19(28)13-24-22(26)30/h2-10,14H,11-13H2,1H3,(H,23,29)(H,24,30). The van der Waals surface area contributed by atoms with Crippen LogP contribution in [0.4, 0.5) is 4.79 Å². The molecule has 0 bridgehead atoms. The minimum atomic E-state index is -0.438. The highest BCUT2D eigenvalue weighted by Crippen LogP contribution is 2.26. The Morgan fingerprint density at radius 2 is 1.83 bits per heavy atom. The molecule has 1 aromatic heterocycles. The summed E-state index contributed by atoms with van der Waals surface area (Å²) in [5.41, 5.74) is 3.70. The van der Waals surface area contributed by atoms with Gasteiger partial charge in [-0.2, -0.15) is 5.10 Å². The summed E-state index contributed by atoms with van der Waals surface area (Å²) in [6.07, 6.45) is 1.69. The number of aryl methyl sites for hydroxylation is 1. The Balaban J connectivity index is 1.60. The molecule has 0 atom stereocenters. The van der Waals surface area contributed by atoms with Crippen LogP contribution in [-0.2, 0) is 4.79 Å². The van der Waals surface area contributed by atoms with Crippen LogP contribution >= 0.6 is 0 Å². The van der Waals surface area contributed by atoms with Gasteiger partial charge in [0.05, 0.1) is 17.8 Å². The van der Waals surface area contributed by atoms with E-state index in [-0.39, 0.29) is 31.4 Å². The molecule has 4 amide bonds. The smallest absolute Gasteiger partial charge is 0.324 e. The molecule has 152 valence electrons. The molecule has 0 saturated carbocycles. The Hall–Kier alpha value is -3.94. The van der Waals surface area contributed by atoms with Gasteiger partial charge in [-0.1, -0.05) is 42.5 Å². The van der Waals surface area contributed by atoms with Gasteiger partial charge in [0.15, 0.2) is 0 Å². The predicted octanol–water partition coefficient (Wildman–Crippen LogP) is 2.13. The van der Waals surface area contributed by atoms with Crippen LogP contribution < -0.4 is 10.6 Å². The maximum Gasteiger partial charge on any atom is 0.324 e. The molecule has 2 aromatic carbocycles. The van der Waals surface area contributed by atoms with Crippen LogP contribution in [0.15, 0.2) is 60.8 Å². The van der Waals surface area contributed by atoms with Crippen LogP contribution in [0.2, 0.25) is 0 Å². The summed E-state index contributed by atoms with van der Waals surface area (Å²) in [5.74, 6) is -0.616. The summed E-state index contributed by atoms with van der Waals surface area (Å²) >= 11 is 0. The van der Waals surface area contributed by atoms with Crippen LogP contribution in [0.5, 0.6) is 0 Å². The number of nitrogens with zero attached hydrogens (tertiary/aromatic N) is 3. The van der Waals surface area contributed by atoms with Crippen LogP contribution in [0.3, 0.4) is 0 Å². The second kappa shape index (κ2) is 8.20. The molecular weight excluding hydrogens is 382 g/mol. The zero-order chi connectivity index (χ0) is 21.1. The quantitative estimate of drug-likeness (QED) is 0.616. The number of amides is 4. The van der Waals surface area contributed by atoms with Gasteiger partial charge in [0, 0.05) is 24.8 Å². The molecule has 3 aromatic rings. The fourth-order valence-electron chi connectivity index (χ4n) is 3.35. The fraction of sp³-hybridized carbons (Fsp3) is 0.182. The average Bonchev–Trinajstić information content (AvgIpc) is 3.34. The van der Waals surface area contributed by atoms with Crippen molar-refractivity contribution >= 4 is 17.8 Å². The van der Waals surface area contributed by atoms with Gasteiger partial charge < -0.3 is 10.6 Å². The Morgan fingerprint density at radius 3 is 2.53 bits per heavy atom. The summed E-state index contributed by atoms with van der Waals surface area (Å²) in [7, 11) is 0. The van der Waals surface area contributed by atoms with Gasteiger partial charge in [-0.15, -0.1) is 0 Å². The zero-order valence-corrected chi connectivity index (χ0v) is 16.5. The molecule has 2 heterocycles. The Bertz CT molecular complexity index is 1090. The van der Waals surface area contributed by atoms with Gasteiger partial charge in [0.1, 0.15) is 5.69 Å². The number of aromatic nitrogens is 2. The first-order valence-electron chi connectivity index (χ1n) is 9.62. The van der Waals surface area contributed by atoms with E-state index < -0.39 is 6.03 Å². The number of rotatable bonds is 6. The van der Waals surface area contributed by atoms with Crippen molar-refractivity contribution in [2.45, 2.75) is 6.92 Å². The highest BCUT2D eigenvalue weighted by atomic mass is 16.2. The van der Waals surface area contributed by atoms with Crippen LogP contribution in [0.1, 0.15) is 15.9 Å². The number of carbonyl (C=O) groups excluding carboxylic acids is 3. The van der Waals surface area contributed by atoms with Crippen molar-refractivity contribution < 1.29 is 14.4 Å². The first kappa shape index (κ1) is 19.4. The number of urea groups is 1. The number of benzene rings is 2. The van der Waals surface area contributed by atoms with Gasteiger partial charge >= 0.3 is 6.03 Å². The Kier molecular flexibility index (Phi) is 5.30. The van der Waals surface area contributed by atoms with E-state index in [9.17, 15) is 14.4 Å². The number of para-hydroxylation sites is 1. The van der Waals surface area contributed by atoms with Crippen molar-refractivity contribution in [3.63, 3.8) is 0 Å². The molecule has 1 fully saturated rings. The van der Waals surface area contributed by atoms with Crippen LogP contribution in [-0.4, -0.2) is 52.2 Å². The summed E-state index contributed by atoms with van der Waals surface area (Å²) < 4.78 is 1.67. The summed E-state index contributed by atoms with van der Waals surface area (Å²) in [5, 5.41) is 9.92. The van der Waals surface area contributed by atoms with E-state index in [0.717, 1.165) is 21.7 Å². The Labute approximate surface area is 173 Å². The summed E-state index contributed by atoms with van der Waals surface area (Å²) in [4.78, 5) is 37.4. The summed E-state index contributed by atoms with van der Waals surface area (Å²) in [6.45, 7) is 2.23. The Morgan fingerprint density at radius 1 is 1.10 bits per heavy atom. The molecule has 8 nitrogen and oxygen atoms in total. The maximum atomic E-state index is 13.0. The molecule has 1 aliphatic heterocycles. The number of hydrogen-bond donors (Lipinski definition) is 2. The van der Waals surface area contributed by atoms with Gasteiger partial charge in [-0.05, 0) is 24.6 Å². The lowest BCUT2D eigenvalue weighted by molar-refractivity contribution is -0.124. The van der Waals surface area contributed by atoms with E-state index >= 15 is 0 Å². The average molecular weight is 403 g/mol.